The smallest absolute Gasteiger partial charge is 0.109 e. The first-order valence-electron chi connectivity index (χ1n) is 5.84. The molecule has 0 fully saturated rings. The van der Waals surface area contributed by atoms with E-state index < -0.39 is 0 Å². The lowest BCUT2D eigenvalue weighted by Crippen LogP contribution is -2.30. The van der Waals surface area contributed by atoms with Gasteiger partial charge in [-0.3, -0.25) is 0 Å². The van der Waals surface area contributed by atoms with E-state index in [4.69, 9.17) is 0 Å². The van der Waals surface area contributed by atoms with Crippen molar-refractivity contribution in [3.05, 3.63) is 38.5 Å². The highest BCUT2D eigenvalue weighted by atomic mass is 32.1. The van der Waals surface area contributed by atoms with Crippen molar-refractivity contribution in [3.8, 4) is 0 Å². The minimum atomic E-state index is 0.335. The number of thiophene rings is 1. The molecule has 1 N–H and O–H groups in total. The summed E-state index contributed by atoms with van der Waals surface area (Å²) in [7, 11) is 0. The summed E-state index contributed by atoms with van der Waals surface area (Å²) in [5, 5.41) is 9.13. The van der Waals surface area contributed by atoms with E-state index in [0.29, 0.717) is 12.1 Å². The van der Waals surface area contributed by atoms with Gasteiger partial charge in [-0.2, -0.15) is 11.3 Å². The van der Waals surface area contributed by atoms with Gasteiger partial charge in [0.05, 0.1) is 6.04 Å². The molecular weight excluding hydrogens is 248 g/mol. The SMILES string of the molecule is Cc1cnc([C@H](C)N[C@@H](C)Cc2ccsc2)s1. The maximum atomic E-state index is 4.42. The summed E-state index contributed by atoms with van der Waals surface area (Å²) in [6, 6.07) is 3.01. The largest absolute Gasteiger partial charge is 0.305 e. The zero-order valence-corrected chi connectivity index (χ0v) is 12.1. The summed E-state index contributed by atoms with van der Waals surface area (Å²) in [5.41, 5.74) is 1.41. The molecule has 2 atom stereocenters. The van der Waals surface area contributed by atoms with Crippen molar-refractivity contribution in [2.24, 2.45) is 0 Å². The van der Waals surface area contributed by atoms with Crippen LogP contribution in [0.25, 0.3) is 0 Å². The first kappa shape index (κ1) is 12.7. The molecule has 92 valence electrons. The van der Waals surface area contributed by atoms with E-state index in [2.05, 4.69) is 47.9 Å². The van der Waals surface area contributed by atoms with Crippen LogP contribution < -0.4 is 5.32 Å². The minimum absolute atomic E-state index is 0.335. The molecule has 2 heterocycles. The lowest BCUT2D eigenvalue weighted by molar-refractivity contribution is 0.476. The first-order chi connectivity index (χ1) is 8.15. The highest BCUT2D eigenvalue weighted by Gasteiger charge is 2.12. The van der Waals surface area contributed by atoms with E-state index in [1.807, 2.05) is 6.20 Å². The van der Waals surface area contributed by atoms with Crippen LogP contribution in [0.2, 0.25) is 0 Å². The van der Waals surface area contributed by atoms with Gasteiger partial charge < -0.3 is 5.32 Å². The fourth-order valence-corrected chi connectivity index (χ4v) is 3.36. The number of aromatic nitrogens is 1. The second kappa shape index (κ2) is 5.76. The van der Waals surface area contributed by atoms with Crippen molar-refractivity contribution in [2.75, 3.05) is 0 Å². The van der Waals surface area contributed by atoms with Crippen LogP contribution in [0.3, 0.4) is 0 Å². The van der Waals surface area contributed by atoms with Crippen LogP contribution >= 0.6 is 22.7 Å². The number of thiazole rings is 1. The first-order valence-corrected chi connectivity index (χ1v) is 7.60. The molecule has 0 saturated carbocycles. The molecule has 0 spiro atoms. The van der Waals surface area contributed by atoms with Crippen molar-refractivity contribution in [3.63, 3.8) is 0 Å². The van der Waals surface area contributed by atoms with Gasteiger partial charge in [0.25, 0.3) is 0 Å². The molecule has 2 nitrogen and oxygen atoms in total. The molecule has 0 aliphatic heterocycles. The van der Waals surface area contributed by atoms with Gasteiger partial charge >= 0.3 is 0 Å². The van der Waals surface area contributed by atoms with Crippen LogP contribution in [0.1, 0.15) is 35.3 Å². The Hall–Kier alpha value is -0.710. The Morgan fingerprint density at radius 1 is 1.41 bits per heavy atom. The van der Waals surface area contributed by atoms with Gasteiger partial charge in [-0.1, -0.05) is 0 Å². The summed E-state index contributed by atoms with van der Waals surface area (Å²) in [6.07, 6.45) is 3.03. The van der Waals surface area contributed by atoms with Crippen LogP contribution in [-0.2, 0) is 6.42 Å². The van der Waals surface area contributed by atoms with Crippen molar-refractivity contribution < 1.29 is 0 Å². The fourth-order valence-electron chi connectivity index (χ4n) is 1.89. The summed E-state index contributed by atoms with van der Waals surface area (Å²) in [6.45, 7) is 6.51. The molecule has 0 aromatic carbocycles. The molecule has 2 aromatic heterocycles. The minimum Gasteiger partial charge on any atom is -0.305 e. The number of nitrogens with zero attached hydrogens (tertiary/aromatic N) is 1. The summed E-state index contributed by atoms with van der Waals surface area (Å²) >= 11 is 3.54. The Balaban J connectivity index is 1.88. The van der Waals surface area contributed by atoms with Gasteiger partial charge in [-0.25, -0.2) is 4.98 Å². The Morgan fingerprint density at radius 3 is 2.82 bits per heavy atom. The third kappa shape index (κ3) is 3.63. The third-order valence-corrected chi connectivity index (χ3v) is 4.49. The van der Waals surface area contributed by atoms with Crippen LogP contribution in [-0.4, -0.2) is 11.0 Å². The second-order valence-corrected chi connectivity index (χ2v) is 6.48. The maximum Gasteiger partial charge on any atom is 0.109 e. The van der Waals surface area contributed by atoms with E-state index in [0.717, 1.165) is 6.42 Å². The fraction of sp³-hybridized carbons (Fsp3) is 0.462. The molecule has 2 aromatic rings. The second-order valence-electron chi connectivity index (χ2n) is 4.43. The van der Waals surface area contributed by atoms with Gasteiger partial charge in [0.15, 0.2) is 0 Å². The van der Waals surface area contributed by atoms with Crippen LogP contribution in [0.4, 0.5) is 0 Å². The van der Waals surface area contributed by atoms with Crippen LogP contribution in [0.15, 0.2) is 23.0 Å². The summed E-state index contributed by atoms with van der Waals surface area (Å²) < 4.78 is 0. The number of rotatable bonds is 5. The van der Waals surface area contributed by atoms with Crippen LogP contribution in [0, 0.1) is 6.92 Å². The molecule has 0 bridgehead atoms. The summed E-state index contributed by atoms with van der Waals surface area (Å²) in [5.74, 6) is 0. The quantitative estimate of drug-likeness (QED) is 0.890. The molecule has 0 unspecified atom stereocenters. The molecule has 4 heteroatoms. The van der Waals surface area contributed by atoms with E-state index in [-0.39, 0.29) is 0 Å². The average Bonchev–Trinajstić information content (AvgIpc) is 2.89. The normalized spacial score (nSPS) is 14.8. The van der Waals surface area contributed by atoms with Crippen molar-refractivity contribution >= 4 is 22.7 Å². The van der Waals surface area contributed by atoms with Crippen molar-refractivity contribution in [1.29, 1.82) is 0 Å². The molecule has 17 heavy (non-hydrogen) atoms. The Morgan fingerprint density at radius 2 is 2.24 bits per heavy atom. The van der Waals surface area contributed by atoms with Crippen molar-refractivity contribution in [2.45, 2.75) is 39.3 Å². The monoisotopic (exact) mass is 266 g/mol. The molecule has 0 radical (unpaired) electrons. The lowest BCUT2D eigenvalue weighted by atomic mass is 10.1. The number of hydrogen-bond donors (Lipinski definition) is 1. The third-order valence-electron chi connectivity index (χ3n) is 2.67. The Labute approximate surface area is 111 Å². The van der Waals surface area contributed by atoms with Crippen LogP contribution in [0.5, 0.6) is 0 Å². The molecular formula is C13H18N2S2. The standard InChI is InChI=1S/C13H18N2S2/c1-9(6-12-4-5-16-8-12)15-11(3)13-14-7-10(2)17-13/h4-5,7-9,11,15H,6H2,1-3H3/t9-,11-/m0/s1. The topological polar surface area (TPSA) is 24.9 Å². The van der Waals surface area contributed by atoms with Gasteiger partial charge in [0.2, 0.25) is 0 Å². The van der Waals surface area contributed by atoms with Gasteiger partial charge in [-0.05, 0) is 49.6 Å². The number of hydrogen-bond acceptors (Lipinski definition) is 4. The molecule has 0 saturated heterocycles. The van der Waals surface area contributed by atoms with E-state index in [1.165, 1.54) is 15.4 Å². The highest BCUT2D eigenvalue weighted by Crippen LogP contribution is 2.20. The van der Waals surface area contributed by atoms with E-state index in [1.54, 1.807) is 22.7 Å². The predicted molar refractivity (Wildman–Crippen MR) is 75.9 cm³/mol. The highest BCUT2D eigenvalue weighted by molar-refractivity contribution is 7.11. The van der Waals surface area contributed by atoms with E-state index >= 15 is 0 Å². The summed E-state index contributed by atoms with van der Waals surface area (Å²) in [4.78, 5) is 5.70. The predicted octanol–water partition coefficient (Wildman–Crippen LogP) is 3.79. The lowest BCUT2D eigenvalue weighted by Gasteiger charge is -2.17. The number of aryl methyl sites for hydroxylation is 1. The molecule has 0 aliphatic rings. The van der Waals surface area contributed by atoms with Crippen molar-refractivity contribution in [1.82, 2.24) is 10.3 Å². The number of nitrogens with one attached hydrogen (secondary N) is 1. The molecule has 2 rings (SSSR count). The average molecular weight is 266 g/mol. The van der Waals surface area contributed by atoms with Gasteiger partial charge in [0, 0.05) is 17.1 Å². The zero-order chi connectivity index (χ0) is 12.3. The molecule has 0 aliphatic carbocycles. The zero-order valence-electron chi connectivity index (χ0n) is 10.4. The Kier molecular flexibility index (Phi) is 4.31. The van der Waals surface area contributed by atoms with Gasteiger partial charge in [0.1, 0.15) is 5.01 Å². The maximum absolute atomic E-state index is 4.42. The van der Waals surface area contributed by atoms with Gasteiger partial charge in [-0.15, -0.1) is 11.3 Å². The van der Waals surface area contributed by atoms with E-state index in [9.17, 15) is 0 Å². The molecule has 0 amide bonds. The Bertz CT molecular complexity index is 448.